The van der Waals surface area contributed by atoms with E-state index in [9.17, 15) is 4.79 Å². The van der Waals surface area contributed by atoms with Gasteiger partial charge in [-0.15, -0.1) is 0 Å². The van der Waals surface area contributed by atoms with Crippen LogP contribution in [-0.2, 0) is 4.74 Å². The van der Waals surface area contributed by atoms with E-state index >= 15 is 0 Å². The van der Waals surface area contributed by atoms with E-state index in [1.54, 1.807) is 7.11 Å². The molecule has 3 rings (SSSR count). The molecule has 126 valence electrons. The highest BCUT2D eigenvalue weighted by Gasteiger charge is 2.42. The van der Waals surface area contributed by atoms with Crippen molar-refractivity contribution in [3.63, 3.8) is 0 Å². The second kappa shape index (κ2) is 7.32. The summed E-state index contributed by atoms with van der Waals surface area (Å²) >= 11 is 0. The van der Waals surface area contributed by atoms with Gasteiger partial charge in [-0.05, 0) is 48.9 Å². The van der Waals surface area contributed by atoms with Crippen molar-refractivity contribution in [3.8, 4) is 5.75 Å². The maximum absolute atomic E-state index is 12.6. The van der Waals surface area contributed by atoms with Crippen molar-refractivity contribution >= 4 is 5.91 Å². The van der Waals surface area contributed by atoms with Gasteiger partial charge in [0.1, 0.15) is 5.75 Å². The molecule has 0 spiro atoms. The lowest BCUT2D eigenvalue weighted by atomic mass is 9.98. The minimum Gasteiger partial charge on any atom is -0.494 e. The molecule has 2 fully saturated rings. The highest BCUT2D eigenvalue weighted by atomic mass is 16.5. The molecule has 23 heavy (non-hydrogen) atoms. The van der Waals surface area contributed by atoms with Gasteiger partial charge in [0.15, 0.2) is 0 Å². The fourth-order valence-corrected chi connectivity index (χ4v) is 3.74. The molecule has 5 heteroatoms. The normalized spacial score (nSPS) is 26.3. The smallest absolute Gasteiger partial charge is 0.253 e. The number of benzene rings is 1. The Morgan fingerprint density at radius 3 is 2.70 bits per heavy atom. The average Bonchev–Trinajstić information content (AvgIpc) is 3.14. The minimum atomic E-state index is 0.109. The number of rotatable bonds is 6. The molecule has 2 aliphatic rings. The van der Waals surface area contributed by atoms with E-state index in [0.717, 1.165) is 43.7 Å². The first kappa shape index (κ1) is 16.3. The fourth-order valence-electron chi connectivity index (χ4n) is 3.74. The largest absolute Gasteiger partial charge is 0.494 e. The fraction of sp³-hybridized carbons (Fsp3) is 0.611. The van der Waals surface area contributed by atoms with Gasteiger partial charge < -0.3 is 20.1 Å². The second-order valence-electron chi connectivity index (χ2n) is 6.59. The lowest BCUT2D eigenvalue weighted by Gasteiger charge is -2.19. The predicted octanol–water partition coefficient (Wildman–Crippen LogP) is 1.91. The summed E-state index contributed by atoms with van der Waals surface area (Å²) in [5, 5.41) is 0. The molecule has 1 aromatic rings. The van der Waals surface area contributed by atoms with Gasteiger partial charge in [0.25, 0.3) is 5.91 Å². The van der Waals surface area contributed by atoms with Crippen LogP contribution < -0.4 is 10.5 Å². The summed E-state index contributed by atoms with van der Waals surface area (Å²) in [5.74, 6) is 1.98. The van der Waals surface area contributed by atoms with Gasteiger partial charge in [-0.3, -0.25) is 4.79 Å². The Kier molecular flexibility index (Phi) is 5.18. The van der Waals surface area contributed by atoms with Crippen LogP contribution in [0.15, 0.2) is 24.3 Å². The number of hydrogen-bond donors (Lipinski definition) is 1. The molecule has 0 bridgehead atoms. The number of nitrogens with zero attached hydrogens (tertiary/aromatic N) is 1. The van der Waals surface area contributed by atoms with Crippen molar-refractivity contribution in [1.82, 2.24) is 4.90 Å². The number of amides is 1. The van der Waals surface area contributed by atoms with Crippen LogP contribution in [0.1, 0.15) is 29.6 Å². The number of nitrogens with two attached hydrogens (primary N) is 1. The first-order valence-electron chi connectivity index (χ1n) is 8.45. The molecule has 2 N–H and O–H groups in total. The number of carbonyl (C=O) groups is 1. The summed E-state index contributed by atoms with van der Waals surface area (Å²) in [4.78, 5) is 14.6. The molecule has 5 nitrogen and oxygen atoms in total. The Hall–Kier alpha value is -1.59. The summed E-state index contributed by atoms with van der Waals surface area (Å²) in [5.41, 5.74) is 6.87. The molecule has 1 saturated carbocycles. The Bertz CT molecular complexity index is 532. The summed E-state index contributed by atoms with van der Waals surface area (Å²) in [6, 6.07) is 7.69. The van der Waals surface area contributed by atoms with E-state index in [1.165, 1.54) is 0 Å². The van der Waals surface area contributed by atoms with Gasteiger partial charge in [-0.25, -0.2) is 0 Å². The first-order valence-corrected chi connectivity index (χ1v) is 8.45. The maximum atomic E-state index is 12.6. The van der Waals surface area contributed by atoms with Crippen LogP contribution in [0.4, 0.5) is 0 Å². The molecule has 0 radical (unpaired) electrons. The number of hydrogen-bond acceptors (Lipinski definition) is 4. The van der Waals surface area contributed by atoms with E-state index in [1.807, 2.05) is 29.2 Å². The zero-order chi connectivity index (χ0) is 16.2. The van der Waals surface area contributed by atoms with E-state index in [0.29, 0.717) is 25.0 Å². The van der Waals surface area contributed by atoms with Crippen LogP contribution in [-0.4, -0.2) is 50.3 Å². The molecule has 1 aliphatic heterocycles. The van der Waals surface area contributed by atoms with E-state index in [-0.39, 0.29) is 11.9 Å². The summed E-state index contributed by atoms with van der Waals surface area (Å²) in [6.07, 6.45) is 3.12. The van der Waals surface area contributed by atoms with Crippen LogP contribution >= 0.6 is 0 Å². The number of fused-ring (bicyclic) bond motifs is 1. The predicted molar refractivity (Wildman–Crippen MR) is 88.5 cm³/mol. The average molecular weight is 318 g/mol. The van der Waals surface area contributed by atoms with Crippen LogP contribution in [0.2, 0.25) is 0 Å². The minimum absolute atomic E-state index is 0.109. The van der Waals surface area contributed by atoms with Gasteiger partial charge >= 0.3 is 0 Å². The van der Waals surface area contributed by atoms with Gasteiger partial charge in [-0.2, -0.15) is 0 Å². The SMILES string of the molecule is COCCCOc1ccc(C(=O)N2CC3CCC(N)C3C2)cc1. The number of likely N-dealkylation sites (tertiary alicyclic amines) is 1. The molecule has 3 unspecified atom stereocenters. The second-order valence-corrected chi connectivity index (χ2v) is 6.59. The van der Waals surface area contributed by atoms with Gasteiger partial charge in [0, 0.05) is 44.8 Å². The third kappa shape index (κ3) is 3.67. The van der Waals surface area contributed by atoms with E-state index in [4.69, 9.17) is 15.2 Å². The van der Waals surface area contributed by atoms with Crippen molar-refractivity contribution in [2.75, 3.05) is 33.4 Å². The van der Waals surface area contributed by atoms with Gasteiger partial charge in [0.2, 0.25) is 0 Å². The van der Waals surface area contributed by atoms with Crippen molar-refractivity contribution in [3.05, 3.63) is 29.8 Å². The molecule has 1 heterocycles. The number of methoxy groups -OCH3 is 1. The zero-order valence-corrected chi connectivity index (χ0v) is 13.7. The Labute approximate surface area is 137 Å². The summed E-state index contributed by atoms with van der Waals surface area (Å²) in [6.45, 7) is 2.97. The van der Waals surface area contributed by atoms with E-state index in [2.05, 4.69) is 0 Å². The van der Waals surface area contributed by atoms with E-state index < -0.39 is 0 Å². The summed E-state index contributed by atoms with van der Waals surface area (Å²) < 4.78 is 10.6. The monoisotopic (exact) mass is 318 g/mol. The van der Waals surface area contributed by atoms with Crippen LogP contribution in [0.25, 0.3) is 0 Å². The van der Waals surface area contributed by atoms with Crippen molar-refractivity contribution in [1.29, 1.82) is 0 Å². The van der Waals surface area contributed by atoms with Crippen LogP contribution in [0, 0.1) is 11.8 Å². The molecule has 3 atom stereocenters. The molecule has 1 amide bonds. The molecular weight excluding hydrogens is 292 g/mol. The quantitative estimate of drug-likeness (QED) is 0.814. The lowest BCUT2D eigenvalue weighted by molar-refractivity contribution is 0.0779. The Morgan fingerprint density at radius 2 is 2.00 bits per heavy atom. The molecule has 0 aromatic heterocycles. The van der Waals surface area contributed by atoms with Crippen molar-refractivity contribution in [2.24, 2.45) is 17.6 Å². The summed E-state index contributed by atoms with van der Waals surface area (Å²) in [7, 11) is 1.68. The third-order valence-electron chi connectivity index (χ3n) is 5.06. The lowest BCUT2D eigenvalue weighted by Crippen LogP contribution is -2.33. The zero-order valence-electron chi connectivity index (χ0n) is 13.7. The highest BCUT2D eigenvalue weighted by molar-refractivity contribution is 5.94. The first-order chi connectivity index (χ1) is 11.2. The highest BCUT2D eigenvalue weighted by Crippen LogP contribution is 2.37. The molecule has 1 aromatic carbocycles. The number of ether oxygens (including phenoxy) is 2. The Balaban J connectivity index is 1.54. The van der Waals surface area contributed by atoms with Crippen molar-refractivity contribution in [2.45, 2.75) is 25.3 Å². The third-order valence-corrected chi connectivity index (χ3v) is 5.06. The van der Waals surface area contributed by atoms with Crippen LogP contribution in [0.3, 0.4) is 0 Å². The standard InChI is InChI=1S/C18H26N2O3/c1-22-9-2-10-23-15-6-3-13(4-7-15)18(21)20-11-14-5-8-17(19)16(14)12-20/h3-4,6-7,14,16-17H,2,5,8-12,19H2,1H3. The topological polar surface area (TPSA) is 64.8 Å². The molecular formula is C18H26N2O3. The van der Waals surface area contributed by atoms with Crippen molar-refractivity contribution < 1.29 is 14.3 Å². The maximum Gasteiger partial charge on any atom is 0.253 e. The van der Waals surface area contributed by atoms with Crippen LogP contribution in [0.5, 0.6) is 5.75 Å². The van der Waals surface area contributed by atoms with Gasteiger partial charge in [-0.1, -0.05) is 0 Å². The molecule has 1 aliphatic carbocycles. The van der Waals surface area contributed by atoms with Gasteiger partial charge in [0.05, 0.1) is 6.61 Å². The Morgan fingerprint density at radius 1 is 1.22 bits per heavy atom. The molecule has 1 saturated heterocycles. The number of carbonyl (C=O) groups excluding carboxylic acids is 1.